The Morgan fingerprint density at radius 1 is 1.59 bits per heavy atom. The first kappa shape index (κ1) is 13.2. The molecule has 92 valence electrons. The highest BCUT2D eigenvalue weighted by molar-refractivity contribution is 7.80. The smallest absolute Gasteiger partial charge is 0.186 e. The molecule has 0 bridgehead atoms. The summed E-state index contributed by atoms with van der Waals surface area (Å²) < 4.78 is 4.98. The molecule has 6 heteroatoms. The van der Waals surface area contributed by atoms with Crippen molar-refractivity contribution in [2.45, 2.75) is 6.92 Å². The second-order valence-electron chi connectivity index (χ2n) is 3.16. The maximum atomic E-state index is 9.40. The fourth-order valence-corrected chi connectivity index (χ4v) is 1.34. The van der Waals surface area contributed by atoms with Crippen LogP contribution in [0.3, 0.4) is 0 Å². The summed E-state index contributed by atoms with van der Waals surface area (Å²) >= 11 is 4.94. The largest absolute Gasteiger partial charge is 0.504 e. The van der Waals surface area contributed by atoms with Crippen LogP contribution < -0.4 is 15.5 Å². The summed E-state index contributed by atoms with van der Waals surface area (Å²) in [6, 6.07) is 4.94. The standard InChI is InChI=1S/C11H15N3O2S/c1-3-12-11(17)14-13-7-8-4-5-9(15)10(6-8)16-2/h4-7,15H,3H2,1-2H3,(H2,12,14,17). The molecule has 0 saturated carbocycles. The molecule has 0 aliphatic carbocycles. The number of hydrazone groups is 1. The van der Waals surface area contributed by atoms with Crippen LogP contribution in [0, 0.1) is 0 Å². The van der Waals surface area contributed by atoms with E-state index in [0.29, 0.717) is 10.9 Å². The Labute approximate surface area is 105 Å². The van der Waals surface area contributed by atoms with Crippen LogP contribution in [0.15, 0.2) is 23.3 Å². The summed E-state index contributed by atoms with van der Waals surface area (Å²) in [5.41, 5.74) is 3.47. The Kier molecular flexibility index (Phi) is 5.22. The minimum absolute atomic E-state index is 0.0979. The van der Waals surface area contributed by atoms with Gasteiger partial charge in [0.1, 0.15) is 0 Å². The minimum atomic E-state index is 0.0979. The molecule has 1 aromatic rings. The summed E-state index contributed by atoms with van der Waals surface area (Å²) in [6.07, 6.45) is 1.59. The van der Waals surface area contributed by atoms with Crippen molar-refractivity contribution in [3.05, 3.63) is 23.8 Å². The van der Waals surface area contributed by atoms with Crippen molar-refractivity contribution in [2.75, 3.05) is 13.7 Å². The summed E-state index contributed by atoms with van der Waals surface area (Å²) in [6.45, 7) is 2.69. The molecule has 1 aromatic carbocycles. The molecule has 0 aliphatic rings. The molecule has 0 saturated heterocycles. The normalized spacial score (nSPS) is 10.2. The lowest BCUT2D eigenvalue weighted by atomic mass is 10.2. The molecule has 5 nitrogen and oxygen atoms in total. The zero-order valence-electron chi connectivity index (χ0n) is 9.73. The Morgan fingerprint density at radius 3 is 3.00 bits per heavy atom. The maximum Gasteiger partial charge on any atom is 0.186 e. The molecule has 17 heavy (non-hydrogen) atoms. The highest BCUT2D eigenvalue weighted by Crippen LogP contribution is 2.25. The molecule has 0 spiro atoms. The zero-order chi connectivity index (χ0) is 12.7. The van der Waals surface area contributed by atoms with Gasteiger partial charge in [0.15, 0.2) is 16.6 Å². The molecule has 1 rings (SSSR count). The summed E-state index contributed by atoms with van der Waals surface area (Å²) in [4.78, 5) is 0. The SMILES string of the molecule is CCNC(=S)NN=Cc1ccc(O)c(OC)c1. The summed E-state index contributed by atoms with van der Waals surface area (Å²) in [5.74, 6) is 0.504. The van der Waals surface area contributed by atoms with Gasteiger partial charge in [0, 0.05) is 6.54 Å². The van der Waals surface area contributed by atoms with E-state index in [2.05, 4.69) is 15.8 Å². The molecule has 0 atom stereocenters. The van der Waals surface area contributed by atoms with Crippen LogP contribution in [0.1, 0.15) is 12.5 Å². The van der Waals surface area contributed by atoms with E-state index in [-0.39, 0.29) is 5.75 Å². The van der Waals surface area contributed by atoms with Gasteiger partial charge in [-0.3, -0.25) is 5.43 Å². The lowest BCUT2D eigenvalue weighted by Crippen LogP contribution is -2.31. The predicted molar refractivity (Wildman–Crippen MR) is 71.7 cm³/mol. The first-order valence-corrected chi connectivity index (χ1v) is 5.52. The average molecular weight is 253 g/mol. The first-order chi connectivity index (χ1) is 8.17. The van der Waals surface area contributed by atoms with E-state index in [9.17, 15) is 5.11 Å². The highest BCUT2D eigenvalue weighted by Gasteiger charge is 2.00. The van der Waals surface area contributed by atoms with Crippen LogP contribution in [0.4, 0.5) is 0 Å². The molecule has 0 fully saturated rings. The number of aromatic hydroxyl groups is 1. The molecule has 0 unspecified atom stereocenters. The van der Waals surface area contributed by atoms with Crippen molar-refractivity contribution in [2.24, 2.45) is 5.10 Å². The van der Waals surface area contributed by atoms with E-state index in [1.54, 1.807) is 24.4 Å². The highest BCUT2D eigenvalue weighted by atomic mass is 32.1. The number of phenols is 1. The summed E-state index contributed by atoms with van der Waals surface area (Å²) in [7, 11) is 1.49. The molecular formula is C11H15N3O2S. The molecule has 0 aromatic heterocycles. The molecule has 0 radical (unpaired) electrons. The Morgan fingerprint density at radius 2 is 2.35 bits per heavy atom. The van der Waals surface area contributed by atoms with Gasteiger partial charge in [-0.15, -0.1) is 0 Å². The van der Waals surface area contributed by atoms with Crippen molar-refractivity contribution in [3.63, 3.8) is 0 Å². The Hall–Kier alpha value is -1.82. The van der Waals surface area contributed by atoms with Gasteiger partial charge in [-0.2, -0.15) is 5.10 Å². The third-order valence-electron chi connectivity index (χ3n) is 1.92. The van der Waals surface area contributed by atoms with Gasteiger partial charge in [0.05, 0.1) is 13.3 Å². The number of thiocarbonyl (C=S) groups is 1. The van der Waals surface area contributed by atoms with E-state index in [0.717, 1.165) is 12.1 Å². The first-order valence-electron chi connectivity index (χ1n) is 5.11. The van der Waals surface area contributed by atoms with Crippen molar-refractivity contribution in [1.29, 1.82) is 0 Å². The van der Waals surface area contributed by atoms with Gasteiger partial charge in [0.25, 0.3) is 0 Å². The topological polar surface area (TPSA) is 65.9 Å². The second kappa shape index (κ2) is 6.70. The summed E-state index contributed by atoms with van der Waals surface area (Å²) in [5, 5.41) is 16.7. The van der Waals surface area contributed by atoms with E-state index < -0.39 is 0 Å². The van der Waals surface area contributed by atoms with Gasteiger partial charge in [-0.1, -0.05) is 0 Å². The van der Waals surface area contributed by atoms with Gasteiger partial charge >= 0.3 is 0 Å². The Bertz CT molecular complexity index is 421. The van der Waals surface area contributed by atoms with Gasteiger partial charge < -0.3 is 15.2 Å². The van der Waals surface area contributed by atoms with Crippen LogP contribution in [0.5, 0.6) is 11.5 Å². The van der Waals surface area contributed by atoms with Crippen molar-refractivity contribution in [1.82, 2.24) is 10.7 Å². The van der Waals surface area contributed by atoms with Crippen LogP contribution in [-0.2, 0) is 0 Å². The molecular weight excluding hydrogens is 238 g/mol. The van der Waals surface area contributed by atoms with Crippen molar-refractivity contribution < 1.29 is 9.84 Å². The van der Waals surface area contributed by atoms with E-state index in [1.165, 1.54) is 7.11 Å². The molecule has 3 N–H and O–H groups in total. The van der Waals surface area contributed by atoms with E-state index in [1.807, 2.05) is 6.92 Å². The molecule has 0 aliphatic heterocycles. The number of benzene rings is 1. The van der Waals surface area contributed by atoms with Crippen LogP contribution in [0.2, 0.25) is 0 Å². The van der Waals surface area contributed by atoms with E-state index >= 15 is 0 Å². The lowest BCUT2D eigenvalue weighted by molar-refractivity contribution is 0.373. The minimum Gasteiger partial charge on any atom is -0.504 e. The third-order valence-corrected chi connectivity index (χ3v) is 2.16. The quantitative estimate of drug-likeness (QED) is 0.428. The van der Waals surface area contributed by atoms with Crippen molar-refractivity contribution in [3.8, 4) is 11.5 Å². The number of nitrogens with zero attached hydrogens (tertiary/aromatic N) is 1. The third kappa shape index (κ3) is 4.28. The van der Waals surface area contributed by atoms with Gasteiger partial charge in [0.2, 0.25) is 0 Å². The van der Waals surface area contributed by atoms with Crippen LogP contribution >= 0.6 is 12.2 Å². The van der Waals surface area contributed by atoms with Crippen LogP contribution in [-0.4, -0.2) is 30.1 Å². The maximum absolute atomic E-state index is 9.40. The Balaban J connectivity index is 2.62. The number of nitrogens with one attached hydrogen (secondary N) is 2. The van der Waals surface area contributed by atoms with Crippen molar-refractivity contribution >= 4 is 23.5 Å². The fourth-order valence-electron chi connectivity index (χ4n) is 1.14. The number of rotatable bonds is 4. The van der Waals surface area contributed by atoms with Crippen LogP contribution in [0.25, 0.3) is 0 Å². The molecule has 0 amide bonds. The number of hydrogen-bond acceptors (Lipinski definition) is 4. The monoisotopic (exact) mass is 253 g/mol. The number of methoxy groups -OCH3 is 1. The average Bonchev–Trinajstić information content (AvgIpc) is 2.31. The fraction of sp³-hybridized carbons (Fsp3) is 0.273. The lowest BCUT2D eigenvalue weighted by Gasteiger charge is -2.04. The molecule has 0 heterocycles. The number of hydrogen-bond donors (Lipinski definition) is 3. The number of phenolic OH excluding ortho intramolecular Hbond substituents is 1. The zero-order valence-corrected chi connectivity index (χ0v) is 10.5. The van der Waals surface area contributed by atoms with Gasteiger partial charge in [-0.05, 0) is 42.9 Å². The second-order valence-corrected chi connectivity index (χ2v) is 3.57. The predicted octanol–water partition coefficient (Wildman–Crippen LogP) is 1.22. The van der Waals surface area contributed by atoms with E-state index in [4.69, 9.17) is 17.0 Å². The number of ether oxygens (including phenoxy) is 1. The van der Waals surface area contributed by atoms with Gasteiger partial charge in [-0.25, -0.2) is 0 Å².